The van der Waals surface area contributed by atoms with Crippen molar-refractivity contribution < 1.29 is 23.2 Å². The highest BCUT2D eigenvalue weighted by atomic mass is 19.1. The molecule has 0 atom stereocenters. The van der Waals surface area contributed by atoms with Gasteiger partial charge in [-0.1, -0.05) is 11.2 Å². The van der Waals surface area contributed by atoms with Gasteiger partial charge in [0.25, 0.3) is 5.56 Å². The summed E-state index contributed by atoms with van der Waals surface area (Å²) in [6.07, 6.45) is 2.80. The molecule has 11 nitrogen and oxygen atoms in total. The van der Waals surface area contributed by atoms with Gasteiger partial charge in [-0.3, -0.25) is 4.79 Å². The van der Waals surface area contributed by atoms with Crippen molar-refractivity contribution in [3.05, 3.63) is 63.8 Å². The molecule has 0 unspecified atom stereocenters. The monoisotopic (exact) mass is 524 g/mol. The van der Waals surface area contributed by atoms with Gasteiger partial charge >= 0.3 is 6.09 Å². The minimum atomic E-state index is -0.557. The first kappa shape index (κ1) is 25.4. The Kier molecular flexibility index (Phi) is 6.64. The fraction of sp³-hybridized carbons (Fsp3) is 0.423. The van der Waals surface area contributed by atoms with Crippen molar-refractivity contribution in [2.75, 3.05) is 20.2 Å². The van der Waals surface area contributed by atoms with Crippen LogP contribution >= 0.6 is 0 Å². The lowest BCUT2D eigenvalue weighted by Crippen LogP contribution is -2.41. The van der Waals surface area contributed by atoms with E-state index in [1.165, 1.54) is 25.3 Å². The van der Waals surface area contributed by atoms with Gasteiger partial charge in [0.2, 0.25) is 11.7 Å². The Bertz CT molecular complexity index is 1530. The molecule has 200 valence electrons. The van der Waals surface area contributed by atoms with Crippen molar-refractivity contribution in [2.45, 2.75) is 51.6 Å². The molecule has 4 heterocycles. The van der Waals surface area contributed by atoms with E-state index in [4.69, 9.17) is 14.0 Å². The van der Waals surface area contributed by atoms with Crippen molar-refractivity contribution in [2.24, 2.45) is 0 Å². The van der Waals surface area contributed by atoms with Gasteiger partial charge in [-0.2, -0.15) is 10.1 Å². The highest BCUT2D eigenvalue weighted by molar-refractivity contribution is 5.72. The summed E-state index contributed by atoms with van der Waals surface area (Å²) in [6, 6.07) is 6.16. The molecule has 0 spiro atoms. The molecule has 1 aliphatic heterocycles. The molecule has 38 heavy (non-hydrogen) atoms. The lowest BCUT2D eigenvalue weighted by atomic mass is 9.93. The van der Waals surface area contributed by atoms with Crippen LogP contribution < -0.4 is 10.3 Å². The van der Waals surface area contributed by atoms with Gasteiger partial charge in [-0.25, -0.2) is 13.7 Å². The maximum Gasteiger partial charge on any atom is 0.410 e. The molecule has 4 aromatic rings. The molecule has 0 saturated carbocycles. The van der Waals surface area contributed by atoms with E-state index < -0.39 is 11.4 Å². The number of carbonyl (C=O) groups is 1. The zero-order valence-electron chi connectivity index (χ0n) is 21.7. The Labute approximate surface area is 217 Å². The van der Waals surface area contributed by atoms with Crippen LogP contribution in [0.4, 0.5) is 9.18 Å². The summed E-state index contributed by atoms with van der Waals surface area (Å²) in [5, 5.41) is 8.55. The number of amides is 1. The first-order valence-electron chi connectivity index (χ1n) is 12.4. The second kappa shape index (κ2) is 9.92. The predicted molar refractivity (Wildman–Crippen MR) is 135 cm³/mol. The molecule has 1 amide bonds. The number of aromatic nitrogens is 5. The summed E-state index contributed by atoms with van der Waals surface area (Å²) in [5.74, 6) is 0.251. The SMILES string of the molecule is COc1ccc(Cc2nc(-c3cnn4c(C5CCN(C(=O)OC(C)(C)C)CC5)cc(=O)[nH]c34)no2)cc1F. The molecule has 0 bridgehead atoms. The summed E-state index contributed by atoms with van der Waals surface area (Å²) >= 11 is 0. The van der Waals surface area contributed by atoms with E-state index in [-0.39, 0.29) is 41.5 Å². The molecule has 0 radical (unpaired) electrons. The van der Waals surface area contributed by atoms with Gasteiger partial charge in [0.1, 0.15) is 11.2 Å². The Balaban J connectivity index is 1.35. The first-order valence-corrected chi connectivity index (χ1v) is 12.4. The number of H-pyrrole nitrogens is 1. The maximum absolute atomic E-state index is 14.0. The molecule has 1 aromatic carbocycles. The highest BCUT2D eigenvalue weighted by Gasteiger charge is 2.29. The molecular weight excluding hydrogens is 495 g/mol. The standard InChI is InChI=1S/C26H29FN6O5/c1-26(2,3)37-25(35)32-9-7-16(8-10-32)19-13-21(34)29-24-17(14-28-33(19)24)23-30-22(38-31-23)12-15-5-6-20(36-4)18(27)11-15/h5-6,11,13-14,16H,7-10,12H2,1-4H3,(H,29,34). The van der Waals surface area contributed by atoms with Gasteiger partial charge in [0.15, 0.2) is 11.6 Å². The van der Waals surface area contributed by atoms with Gasteiger partial charge in [-0.15, -0.1) is 0 Å². The molecule has 3 aromatic heterocycles. The van der Waals surface area contributed by atoms with Gasteiger partial charge < -0.3 is 23.9 Å². The Hall–Kier alpha value is -4.22. The molecular formula is C26H29FN6O5. The third kappa shape index (κ3) is 5.24. The molecule has 0 aliphatic carbocycles. The average molecular weight is 525 g/mol. The van der Waals surface area contributed by atoms with Crippen LogP contribution in [0, 0.1) is 5.82 Å². The van der Waals surface area contributed by atoms with Crippen molar-refractivity contribution in [1.29, 1.82) is 0 Å². The van der Waals surface area contributed by atoms with Crippen LogP contribution in [0.1, 0.15) is 56.7 Å². The predicted octanol–water partition coefficient (Wildman–Crippen LogP) is 3.93. The Morgan fingerprint density at radius 3 is 2.68 bits per heavy atom. The Morgan fingerprint density at radius 1 is 1.24 bits per heavy atom. The van der Waals surface area contributed by atoms with E-state index >= 15 is 0 Å². The molecule has 5 rings (SSSR count). The second-order valence-corrected chi connectivity index (χ2v) is 10.3. The number of rotatable bonds is 5. The number of fused-ring (bicyclic) bond motifs is 1. The molecule has 1 fully saturated rings. The number of likely N-dealkylation sites (tertiary alicyclic amines) is 1. The highest BCUT2D eigenvalue weighted by Crippen LogP contribution is 2.30. The van der Waals surface area contributed by atoms with Crippen LogP contribution in [0.3, 0.4) is 0 Å². The summed E-state index contributed by atoms with van der Waals surface area (Å²) in [6.45, 7) is 6.55. The summed E-state index contributed by atoms with van der Waals surface area (Å²) < 4.78 is 31.6. The van der Waals surface area contributed by atoms with E-state index in [1.54, 1.807) is 21.7 Å². The molecule has 1 aliphatic rings. The summed E-state index contributed by atoms with van der Waals surface area (Å²) in [7, 11) is 1.40. The first-order chi connectivity index (χ1) is 18.1. The lowest BCUT2D eigenvalue weighted by Gasteiger charge is -2.33. The topological polar surface area (TPSA) is 128 Å². The number of benzene rings is 1. The van der Waals surface area contributed by atoms with Crippen molar-refractivity contribution >= 4 is 11.7 Å². The molecule has 1 N–H and O–H groups in total. The number of hydrogen-bond acceptors (Lipinski definition) is 8. The summed E-state index contributed by atoms with van der Waals surface area (Å²) in [4.78, 5) is 34.0. The minimum absolute atomic E-state index is 0.0250. The van der Waals surface area contributed by atoms with Gasteiger partial charge in [0.05, 0.1) is 31.0 Å². The number of carbonyl (C=O) groups excluding carboxylic acids is 1. The van der Waals surface area contributed by atoms with E-state index in [0.29, 0.717) is 42.7 Å². The minimum Gasteiger partial charge on any atom is -0.494 e. The van der Waals surface area contributed by atoms with Crippen LogP contribution in [-0.2, 0) is 11.2 Å². The van der Waals surface area contributed by atoms with Crippen molar-refractivity contribution in [3.8, 4) is 17.1 Å². The van der Waals surface area contributed by atoms with Gasteiger partial charge in [0, 0.05) is 25.1 Å². The summed E-state index contributed by atoms with van der Waals surface area (Å²) in [5.41, 5.74) is 1.51. The quantitative estimate of drug-likeness (QED) is 0.416. The van der Waals surface area contributed by atoms with Crippen LogP contribution in [0.2, 0.25) is 0 Å². The van der Waals surface area contributed by atoms with E-state index in [0.717, 1.165) is 5.69 Å². The van der Waals surface area contributed by atoms with Crippen molar-refractivity contribution in [1.82, 2.24) is 29.6 Å². The average Bonchev–Trinajstić information content (AvgIpc) is 3.49. The number of halogens is 1. The lowest BCUT2D eigenvalue weighted by molar-refractivity contribution is 0.0203. The van der Waals surface area contributed by atoms with E-state index in [9.17, 15) is 14.0 Å². The molecule has 1 saturated heterocycles. The van der Waals surface area contributed by atoms with E-state index in [1.807, 2.05) is 20.8 Å². The number of hydrogen-bond donors (Lipinski definition) is 1. The third-order valence-electron chi connectivity index (χ3n) is 6.38. The Morgan fingerprint density at radius 2 is 2.00 bits per heavy atom. The van der Waals surface area contributed by atoms with Crippen LogP contribution in [-0.4, -0.2) is 61.5 Å². The van der Waals surface area contributed by atoms with Crippen LogP contribution in [0.15, 0.2) is 39.8 Å². The maximum atomic E-state index is 14.0. The fourth-order valence-corrected chi connectivity index (χ4v) is 4.58. The van der Waals surface area contributed by atoms with Crippen LogP contribution in [0.25, 0.3) is 17.0 Å². The van der Waals surface area contributed by atoms with Gasteiger partial charge in [-0.05, 0) is 51.3 Å². The number of aromatic amines is 1. The zero-order valence-corrected chi connectivity index (χ0v) is 21.7. The number of nitrogens with zero attached hydrogens (tertiary/aromatic N) is 5. The number of methoxy groups -OCH3 is 1. The number of nitrogens with one attached hydrogen (secondary N) is 1. The molecule has 12 heteroatoms. The zero-order chi connectivity index (χ0) is 27.0. The smallest absolute Gasteiger partial charge is 0.410 e. The second-order valence-electron chi connectivity index (χ2n) is 10.3. The number of ether oxygens (including phenoxy) is 2. The van der Waals surface area contributed by atoms with Crippen LogP contribution in [0.5, 0.6) is 5.75 Å². The van der Waals surface area contributed by atoms with Crippen molar-refractivity contribution in [3.63, 3.8) is 0 Å². The number of piperidine rings is 1. The fourth-order valence-electron chi connectivity index (χ4n) is 4.58. The van der Waals surface area contributed by atoms with E-state index in [2.05, 4.69) is 20.2 Å². The normalized spacial score (nSPS) is 14.7. The largest absolute Gasteiger partial charge is 0.494 e. The third-order valence-corrected chi connectivity index (χ3v) is 6.38.